The summed E-state index contributed by atoms with van der Waals surface area (Å²) < 4.78 is 5.72. The van der Waals surface area contributed by atoms with Crippen LogP contribution in [0.15, 0.2) is 47.8 Å². The van der Waals surface area contributed by atoms with E-state index in [0.717, 1.165) is 36.3 Å². The van der Waals surface area contributed by atoms with E-state index in [1.807, 2.05) is 59.7 Å². The number of ether oxygens (including phenoxy) is 1. The van der Waals surface area contributed by atoms with Crippen molar-refractivity contribution in [2.45, 2.75) is 51.8 Å². The third-order valence-electron chi connectivity index (χ3n) is 5.09. The van der Waals surface area contributed by atoms with Crippen molar-refractivity contribution in [2.75, 3.05) is 19.7 Å². The van der Waals surface area contributed by atoms with Crippen LogP contribution in [0.5, 0.6) is 0 Å². The van der Waals surface area contributed by atoms with Gasteiger partial charge in [-0.1, -0.05) is 43.3 Å². The average molecular weight is 415 g/mol. The second kappa shape index (κ2) is 11.1. The van der Waals surface area contributed by atoms with Gasteiger partial charge < -0.3 is 14.5 Å². The monoisotopic (exact) mass is 414 g/mol. The fraction of sp³-hybridized carbons (Fsp3) is 0.478. The Morgan fingerprint density at radius 3 is 2.55 bits per heavy atom. The van der Waals surface area contributed by atoms with Crippen LogP contribution in [0, 0.1) is 0 Å². The summed E-state index contributed by atoms with van der Waals surface area (Å²) in [5.41, 5.74) is 1.09. The predicted molar refractivity (Wildman–Crippen MR) is 115 cm³/mol. The first-order chi connectivity index (χ1) is 14.2. The zero-order valence-corrected chi connectivity index (χ0v) is 17.9. The fourth-order valence-electron chi connectivity index (χ4n) is 3.55. The molecule has 1 aromatic carbocycles. The molecule has 6 heteroatoms. The molecule has 0 bridgehead atoms. The molecule has 1 aliphatic rings. The van der Waals surface area contributed by atoms with Crippen LogP contribution in [0.4, 0.5) is 0 Å². The Bertz CT molecular complexity index is 758. The third kappa shape index (κ3) is 6.68. The maximum absolute atomic E-state index is 13.3. The lowest BCUT2D eigenvalue weighted by Crippen LogP contribution is -2.45. The summed E-state index contributed by atoms with van der Waals surface area (Å²) >= 11 is 1.64. The SMILES string of the molecule is CCCC(=O)N(CC(=O)N(Cc1ccccc1)Cc1cccs1)C[C@@H]1CCCO1. The molecule has 0 N–H and O–H groups in total. The summed E-state index contributed by atoms with van der Waals surface area (Å²) in [6, 6.07) is 14.0. The molecule has 0 aliphatic carbocycles. The Morgan fingerprint density at radius 2 is 1.90 bits per heavy atom. The minimum absolute atomic E-state index is 0.0234. The standard InChI is InChI=1S/C23H30N2O3S/c1-2-8-22(26)25(16-20-11-6-13-28-20)18-23(27)24(17-21-12-7-14-29-21)15-19-9-4-3-5-10-19/h3-5,7,9-10,12,14,20H,2,6,8,11,13,15-18H2,1H3/t20-/m0/s1. The van der Waals surface area contributed by atoms with Crippen molar-refractivity contribution < 1.29 is 14.3 Å². The van der Waals surface area contributed by atoms with Crippen molar-refractivity contribution in [1.82, 2.24) is 9.80 Å². The normalized spacial score (nSPS) is 16.0. The van der Waals surface area contributed by atoms with E-state index in [9.17, 15) is 9.59 Å². The summed E-state index contributed by atoms with van der Waals surface area (Å²) in [5, 5.41) is 2.02. The first-order valence-corrected chi connectivity index (χ1v) is 11.3. The molecule has 2 heterocycles. The van der Waals surface area contributed by atoms with Gasteiger partial charge in [0.1, 0.15) is 0 Å². The number of rotatable bonds is 10. The molecule has 1 fully saturated rings. The van der Waals surface area contributed by atoms with E-state index >= 15 is 0 Å². The number of hydrogen-bond acceptors (Lipinski definition) is 4. The summed E-state index contributed by atoms with van der Waals surface area (Å²) in [7, 11) is 0. The number of hydrogen-bond donors (Lipinski definition) is 0. The first-order valence-electron chi connectivity index (χ1n) is 10.4. The van der Waals surface area contributed by atoms with Gasteiger partial charge in [0.05, 0.1) is 19.2 Å². The molecule has 29 heavy (non-hydrogen) atoms. The van der Waals surface area contributed by atoms with E-state index in [2.05, 4.69) is 0 Å². The van der Waals surface area contributed by atoms with Crippen LogP contribution >= 0.6 is 11.3 Å². The van der Waals surface area contributed by atoms with E-state index < -0.39 is 0 Å². The minimum atomic E-state index is -0.0234. The molecule has 0 spiro atoms. The van der Waals surface area contributed by atoms with Gasteiger partial charge in [-0.3, -0.25) is 9.59 Å². The van der Waals surface area contributed by atoms with Gasteiger partial charge in [0.25, 0.3) is 0 Å². The number of thiophene rings is 1. The molecule has 0 radical (unpaired) electrons. The van der Waals surface area contributed by atoms with Crippen LogP contribution in [0.2, 0.25) is 0 Å². The maximum Gasteiger partial charge on any atom is 0.242 e. The van der Waals surface area contributed by atoms with Gasteiger partial charge >= 0.3 is 0 Å². The Kier molecular flexibility index (Phi) is 8.25. The molecule has 3 rings (SSSR count). The number of nitrogens with zero attached hydrogens (tertiary/aromatic N) is 2. The zero-order chi connectivity index (χ0) is 20.5. The highest BCUT2D eigenvalue weighted by Crippen LogP contribution is 2.17. The predicted octanol–water partition coefficient (Wildman–Crippen LogP) is 4.08. The molecule has 2 aromatic rings. The highest BCUT2D eigenvalue weighted by molar-refractivity contribution is 7.09. The molecule has 156 valence electrons. The van der Waals surface area contributed by atoms with Crippen LogP contribution in [0.25, 0.3) is 0 Å². The van der Waals surface area contributed by atoms with E-state index in [1.165, 1.54) is 0 Å². The van der Waals surface area contributed by atoms with Gasteiger partial charge in [0, 0.05) is 31.0 Å². The first kappa shape index (κ1) is 21.5. The lowest BCUT2D eigenvalue weighted by Gasteiger charge is -2.29. The fourth-order valence-corrected chi connectivity index (χ4v) is 4.27. The number of benzene rings is 1. The van der Waals surface area contributed by atoms with Crippen molar-refractivity contribution in [3.63, 3.8) is 0 Å². The molecule has 1 aromatic heterocycles. The molecule has 2 amide bonds. The van der Waals surface area contributed by atoms with Gasteiger partial charge in [-0.25, -0.2) is 0 Å². The summed E-state index contributed by atoms with van der Waals surface area (Å²) in [6.07, 6.45) is 3.25. The Morgan fingerprint density at radius 1 is 1.07 bits per heavy atom. The average Bonchev–Trinajstić information content (AvgIpc) is 3.42. The van der Waals surface area contributed by atoms with Crippen LogP contribution in [0.1, 0.15) is 43.0 Å². The molecule has 5 nitrogen and oxygen atoms in total. The molecular formula is C23H30N2O3S. The number of carbonyl (C=O) groups is 2. The van der Waals surface area contributed by atoms with E-state index in [1.54, 1.807) is 16.2 Å². The van der Waals surface area contributed by atoms with Gasteiger partial charge in [0.15, 0.2) is 0 Å². The van der Waals surface area contributed by atoms with Crippen molar-refractivity contribution in [1.29, 1.82) is 0 Å². The van der Waals surface area contributed by atoms with Crippen LogP contribution in [-0.2, 0) is 27.4 Å². The number of carbonyl (C=O) groups excluding carboxylic acids is 2. The third-order valence-corrected chi connectivity index (χ3v) is 5.95. The second-order valence-electron chi connectivity index (χ2n) is 7.47. The molecule has 0 saturated carbocycles. The van der Waals surface area contributed by atoms with Crippen LogP contribution in [0.3, 0.4) is 0 Å². The lowest BCUT2D eigenvalue weighted by atomic mass is 10.2. The van der Waals surface area contributed by atoms with Crippen LogP contribution < -0.4 is 0 Å². The van der Waals surface area contributed by atoms with Gasteiger partial charge in [-0.05, 0) is 36.3 Å². The zero-order valence-electron chi connectivity index (χ0n) is 17.1. The van der Waals surface area contributed by atoms with Crippen molar-refractivity contribution >= 4 is 23.2 Å². The topological polar surface area (TPSA) is 49.9 Å². The highest BCUT2D eigenvalue weighted by Gasteiger charge is 2.26. The lowest BCUT2D eigenvalue weighted by molar-refractivity contribution is -0.142. The minimum Gasteiger partial charge on any atom is -0.376 e. The van der Waals surface area contributed by atoms with E-state index in [-0.39, 0.29) is 24.5 Å². The van der Waals surface area contributed by atoms with Gasteiger partial charge in [-0.15, -0.1) is 11.3 Å². The largest absolute Gasteiger partial charge is 0.376 e. The second-order valence-corrected chi connectivity index (χ2v) is 8.51. The summed E-state index contributed by atoms with van der Waals surface area (Å²) in [6.45, 7) is 4.43. The molecule has 1 atom stereocenters. The number of amides is 2. The molecule has 0 unspecified atom stereocenters. The maximum atomic E-state index is 13.3. The van der Waals surface area contributed by atoms with Crippen molar-refractivity contribution in [3.8, 4) is 0 Å². The smallest absolute Gasteiger partial charge is 0.242 e. The van der Waals surface area contributed by atoms with Gasteiger partial charge in [0.2, 0.25) is 11.8 Å². The Hall–Kier alpha value is -2.18. The quantitative estimate of drug-likeness (QED) is 0.588. The molecule has 1 aliphatic heterocycles. The Balaban J connectivity index is 1.71. The summed E-state index contributed by atoms with van der Waals surface area (Å²) in [4.78, 5) is 30.6. The molecule has 1 saturated heterocycles. The summed E-state index contributed by atoms with van der Waals surface area (Å²) in [5.74, 6) is 0.0110. The van der Waals surface area contributed by atoms with Crippen molar-refractivity contribution in [3.05, 3.63) is 58.3 Å². The van der Waals surface area contributed by atoms with Gasteiger partial charge in [-0.2, -0.15) is 0 Å². The highest BCUT2D eigenvalue weighted by atomic mass is 32.1. The van der Waals surface area contributed by atoms with Crippen molar-refractivity contribution in [2.24, 2.45) is 0 Å². The van der Waals surface area contributed by atoms with E-state index in [0.29, 0.717) is 26.1 Å². The Labute approximate surface area is 177 Å². The van der Waals surface area contributed by atoms with Crippen LogP contribution in [-0.4, -0.2) is 47.4 Å². The van der Waals surface area contributed by atoms with E-state index in [4.69, 9.17) is 4.74 Å². The molecular weight excluding hydrogens is 384 g/mol.